The number of methoxy groups -OCH3 is 2. The number of nitrogens with zero attached hydrogens (tertiary/aromatic N) is 2. The minimum atomic E-state index is -4.38. The number of ether oxygens (including phenoxy) is 2. The van der Waals surface area contributed by atoms with Gasteiger partial charge >= 0.3 is 0 Å². The van der Waals surface area contributed by atoms with Crippen LogP contribution in [0, 0.1) is 5.82 Å². The maximum absolute atomic E-state index is 14.0. The van der Waals surface area contributed by atoms with Crippen LogP contribution in [0.5, 0.6) is 11.5 Å². The van der Waals surface area contributed by atoms with Crippen molar-refractivity contribution in [3.8, 4) is 11.5 Å². The summed E-state index contributed by atoms with van der Waals surface area (Å²) >= 11 is 3.39. The van der Waals surface area contributed by atoms with Gasteiger partial charge in [-0.05, 0) is 74.4 Å². The largest absolute Gasteiger partial charge is 0.493 e. The fourth-order valence-corrected chi connectivity index (χ4v) is 5.77. The van der Waals surface area contributed by atoms with E-state index >= 15 is 0 Å². The topological polar surface area (TPSA) is 105 Å². The van der Waals surface area contributed by atoms with Crippen LogP contribution in [0.2, 0.25) is 0 Å². The lowest BCUT2D eigenvalue weighted by atomic mass is 10.1. The quantitative estimate of drug-likeness (QED) is 0.272. The molecule has 226 valence electrons. The summed E-state index contributed by atoms with van der Waals surface area (Å²) in [6.07, 6.45) is 0.695. The number of halogens is 2. The fraction of sp³-hybridized carbons (Fsp3) is 0.333. The number of hydrogen-bond donors (Lipinski definition) is 1. The molecule has 0 aliphatic rings. The molecule has 0 aliphatic carbocycles. The van der Waals surface area contributed by atoms with E-state index in [1.165, 1.54) is 49.5 Å². The molecule has 0 unspecified atom stereocenters. The van der Waals surface area contributed by atoms with Crippen LogP contribution in [0.3, 0.4) is 0 Å². The van der Waals surface area contributed by atoms with Gasteiger partial charge in [0, 0.05) is 23.1 Å². The molecule has 0 radical (unpaired) electrons. The molecule has 1 N–H and O–H groups in total. The van der Waals surface area contributed by atoms with E-state index in [0.29, 0.717) is 12.2 Å². The van der Waals surface area contributed by atoms with Crippen LogP contribution in [0.25, 0.3) is 0 Å². The zero-order chi connectivity index (χ0) is 31.0. The molecular weight excluding hydrogens is 629 g/mol. The molecular formula is C30H35BrFN3O6S. The summed E-state index contributed by atoms with van der Waals surface area (Å²) in [4.78, 5) is 28.3. The molecule has 0 bridgehead atoms. The van der Waals surface area contributed by atoms with Crippen molar-refractivity contribution in [1.82, 2.24) is 10.2 Å². The molecule has 9 nitrogen and oxygen atoms in total. The minimum absolute atomic E-state index is 0.0505. The Bertz CT molecular complexity index is 1490. The van der Waals surface area contributed by atoms with Crippen molar-refractivity contribution in [2.24, 2.45) is 0 Å². The van der Waals surface area contributed by atoms with Gasteiger partial charge in [0.1, 0.15) is 18.4 Å². The summed E-state index contributed by atoms with van der Waals surface area (Å²) in [5.41, 5.74) is 0.811. The second kappa shape index (κ2) is 14.5. The molecule has 0 heterocycles. The number of amides is 2. The second-order valence-electron chi connectivity index (χ2n) is 9.65. The van der Waals surface area contributed by atoms with E-state index < -0.39 is 34.3 Å². The minimum Gasteiger partial charge on any atom is -0.493 e. The van der Waals surface area contributed by atoms with Crippen LogP contribution in [0.15, 0.2) is 76.1 Å². The van der Waals surface area contributed by atoms with E-state index in [9.17, 15) is 22.4 Å². The molecule has 0 saturated heterocycles. The molecule has 0 saturated carbocycles. The van der Waals surface area contributed by atoms with Crippen LogP contribution < -0.4 is 19.1 Å². The third kappa shape index (κ3) is 8.01. The SMILES string of the molecule is CC[C@H](C)NC(=O)[C@H](C)N(Cc1ccc(Br)cc1)C(=O)CN(c1ccc(F)cc1)S(=O)(=O)c1ccc(OC)c(OC)c1. The number of carbonyl (C=O) groups excluding carboxylic acids is 2. The second-order valence-corrected chi connectivity index (χ2v) is 12.4. The van der Waals surface area contributed by atoms with E-state index in [4.69, 9.17) is 9.47 Å². The van der Waals surface area contributed by atoms with Crippen LogP contribution in [-0.4, -0.2) is 58.0 Å². The number of benzene rings is 3. The highest BCUT2D eigenvalue weighted by atomic mass is 79.9. The predicted octanol–water partition coefficient (Wildman–Crippen LogP) is 5.13. The number of nitrogens with one attached hydrogen (secondary N) is 1. The van der Waals surface area contributed by atoms with Gasteiger partial charge in [-0.2, -0.15) is 0 Å². The van der Waals surface area contributed by atoms with Gasteiger partial charge in [-0.1, -0.05) is 35.0 Å². The van der Waals surface area contributed by atoms with Crippen molar-refractivity contribution in [2.45, 2.75) is 50.7 Å². The van der Waals surface area contributed by atoms with Crippen molar-refractivity contribution in [3.63, 3.8) is 0 Å². The summed E-state index contributed by atoms with van der Waals surface area (Å²) in [5, 5.41) is 2.89. The average molecular weight is 665 g/mol. The predicted molar refractivity (Wildman–Crippen MR) is 163 cm³/mol. The van der Waals surface area contributed by atoms with Gasteiger partial charge in [0.15, 0.2) is 11.5 Å². The van der Waals surface area contributed by atoms with Crippen LogP contribution in [0.1, 0.15) is 32.8 Å². The van der Waals surface area contributed by atoms with E-state index in [1.54, 1.807) is 6.92 Å². The number of sulfonamides is 1. The van der Waals surface area contributed by atoms with Gasteiger partial charge in [-0.3, -0.25) is 13.9 Å². The zero-order valence-corrected chi connectivity index (χ0v) is 26.5. The standard InChI is InChI=1S/C30H35BrFN3O6S/c1-6-20(2)33-30(37)21(3)34(18-22-7-9-23(31)10-8-22)29(36)19-35(25-13-11-24(32)12-14-25)42(38,39)26-15-16-27(40-4)28(17-26)41-5/h7-17,20-21H,6,18-19H2,1-5H3,(H,33,37)/t20-,21-/m0/s1. The Balaban J connectivity index is 2.06. The van der Waals surface area contributed by atoms with E-state index in [2.05, 4.69) is 21.2 Å². The molecule has 0 spiro atoms. The highest BCUT2D eigenvalue weighted by Crippen LogP contribution is 2.32. The summed E-state index contributed by atoms with van der Waals surface area (Å²) in [6, 6.07) is 15.0. The molecule has 2 atom stereocenters. The van der Waals surface area contributed by atoms with Crippen LogP contribution >= 0.6 is 15.9 Å². The smallest absolute Gasteiger partial charge is 0.264 e. The molecule has 12 heteroatoms. The van der Waals surface area contributed by atoms with Gasteiger partial charge in [0.2, 0.25) is 11.8 Å². The monoisotopic (exact) mass is 663 g/mol. The molecule has 0 fully saturated rings. The van der Waals surface area contributed by atoms with Crippen molar-refractivity contribution in [3.05, 3.63) is 82.6 Å². The lowest BCUT2D eigenvalue weighted by Gasteiger charge is -2.32. The van der Waals surface area contributed by atoms with E-state index in [0.717, 1.165) is 26.5 Å². The van der Waals surface area contributed by atoms with Gasteiger partial charge in [-0.25, -0.2) is 12.8 Å². The van der Waals surface area contributed by atoms with Gasteiger partial charge in [-0.15, -0.1) is 0 Å². The Morgan fingerprint density at radius 1 is 0.952 bits per heavy atom. The maximum Gasteiger partial charge on any atom is 0.264 e. The summed E-state index contributed by atoms with van der Waals surface area (Å²) < 4.78 is 54.1. The normalized spacial score (nSPS) is 12.6. The van der Waals surface area contributed by atoms with Gasteiger partial charge in [0.25, 0.3) is 10.0 Å². The number of hydrogen-bond acceptors (Lipinski definition) is 6. The highest BCUT2D eigenvalue weighted by molar-refractivity contribution is 9.10. The Hall–Kier alpha value is -3.64. The number of carbonyl (C=O) groups is 2. The Kier molecular flexibility index (Phi) is 11.3. The third-order valence-electron chi connectivity index (χ3n) is 6.77. The Morgan fingerprint density at radius 3 is 2.14 bits per heavy atom. The van der Waals surface area contributed by atoms with E-state index in [-0.39, 0.29) is 34.8 Å². The van der Waals surface area contributed by atoms with E-state index in [1.807, 2.05) is 38.1 Å². The summed E-state index contributed by atoms with van der Waals surface area (Å²) in [7, 11) is -1.58. The summed E-state index contributed by atoms with van der Waals surface area (Å²) in [5.74, 6) is -1.07. The maximum atomic E-state index is 14.0. The van der Waals surface area contributed by atoms with Crippen molar-refractivity contribution >= 4 is 43.5 Å². The Labute approximate surface area is 254 Å². The van der Waals surface area contributed by atoms with Crippen molar-refractivity contribution in [2.75, 3.05) is 25.1 Å². The molecule has 0 aromatic heterocycles. The Morgan fingerprint density at radius 2 is 1.57 bits per heavy atom. The van der Waals surface area contributed by atoms with Gasteiger partial charge in [0.05, 0.1) is 24.8 Å². The number of anilines is 1. The third-order valence-corrected chi connectivity index (χ3v) is 9.07. The molecule has 3 aromatic rings. The highest BCUT2D eigenvalue weighted by Gasteiger charge is 2.33. The molecule has 0 aliphatic heterocycles. The molecule has 3 aromatic carbocycles. The zero-order valence-electron chi connectivity index (χ0n) is 24.1. The average Bonchev–Trinajstić information content (AvgIpc) is 2.98. The van der Waals surface area contributed by atoms with Gasteiger partial charge < -0.3 is 19.7 Å². The fourth-order valence-electron chi connectivity index (χ4n) is 4.07. The molecule has 42 heavy (non-hydrogen) atoms. The molecule has 2 amide bonds. The van der Waals surface area contributed by atoms with Crippen molar-refractivity contribution in [1.29, 1.82) is 0 Å². The molecule has 3 rings (SSSR count). The number of rotatable bonds is 13. The first kappa shape index (κ1) is 32.9. The first-order chi connectivity index (χ1) is 19.9. The summed E-state index contributed by atoms with van der Waals surface area (Å²) in [6.45, 7) is 4.78. The van der Waals surface area contributed by atoms with Crippen LogP contribution in [-0.2, 0) is 26.2 Å². The first-order valence-electron chi connectivity index (χ1n) is 13.3. The lowest BCUT2D eigenvalue weighted by molar-refractivity contribution is -0.139. The lowest BCUT2D eigenvalue weighted by Crippen LogP contribution is -2.52. The van der Waals surface area contributed by atoms with Crippen molar-refractivity contribution < 1.29 is 31.9 Å². The first-order valence-corrected chi connectivity index (χ1v) is 15.5. The van der Waals surface area contributed by atoms with Crippen LogP contribution in [0.4, 0.5) is 10.1 Å².